The van der Waals surface area contributed by atoms with Crippen molar-refractivity contribution < 1.29 is 0 Å². The Labute approximate surface area is 118 Å². The fourth-order valence-electron chi connectivity index (χ4n) is 3.92. The average molecular weight is 259 g/mol. The highest BCUT2D eigenvalue weighted by Gasteiger charge is 2.29. The molecule has 0 amide bonds. The topological polar surface area (TPSA) is 12.0 Å². The minimum Gasteiger partial charge on any atom is -0.313 e. The highest BCUT2D eigenvalue weighted by molar-refractivity contribution is 5.25. The Bertz CT molecular complexity index is 371. The van der Waals surface area contributed by atoms with Gasteiger partial charge in [-0.15, -0.1) is 0 Å². The Morgan fingerprint density at radius 1 is 1.05 bits per heavy atom. The van der Waals surface area contributed by atoms with Crippen molar-refractivity contribution in [3.63, 3.8) is 0 Å². The molecule has 0 bridgehead atoms. The molecule has 0 aliphatic heterocycles. The van der Waals surface area contributed by atoms with Gasteiger partial charge in [0.2, 0.25) is 0 Å². The summed E-state index contributed by atoms with van der Waals surface area (Å²) in [5, 5.41) is 3.57. The van der Waals surface area contributed by atoms with Crippen molar-refractivity contribution in [2.75, 3.05) is 7.05 Å². The lowest BCUT2D eigenvalue weighted by molar-refractivity contribution is 0.180. The molecule has 1 aromatic carbocycles. The lowest BCUT2D eigenvalue weighted by Gasteiger charge is -2.36. The van der Waals surface area contributed by atoms with Gasteiger partial charge in [-0.3, -0.25) is 0 Å². The minimum atomic E-state index is 0.524. The van der Waals surface area contributed by atoms with E-state index < -0.39 is 0 Å². The molecule has 1 aromatic rings. The van der Waals surface area contributed by atoms with Crippen molar-refractivity contribution in [2.24, 2.45) is 17.8 Å². The number of nitrogens with one attached hydrogen (secondary N) is 1. The van der Waals surface area contributed by atoms with Crippen LogP contribution in [0.3, 0.4) is 0 Å². The van der Waals surface area contributed by atoms with E-state index in [9.17, 15) is 0 Å². The van der Waals surface area contributed by atoms with Gasteiger partial charge in [0, 0.05) is 6.04 Å². The van der Waals surface area contributed by atoms with Crippen LogP contribution in [0, 0.1) is 17.8 Å². The predicted octanol–water partition coefficient (Wildman–Crippen LogP) is 4.58. The maximum Gasteiger partial charge on any atom is 0.0346 e. The molecule has 2 rings (SSSR count). The third-order valence-corrected chi connectivity index (χ3v) is 4.74. The molecule has 1 fully saturated rings. The molecular formula is C18H29N. The number of hydrogen-bond donors (Lipinski definition) is 1. The summed E-state index contributed by atoms with van der Waals surface area (Å²) < 4.78 is 0. The van der Waals surface area contributed by atoms with Gasteiger partial charge in [0.05, 0.1) is 0 Å². The van der Waals surface area contributed by atoms with E-state index in [1.807, 2.05) is 0 Å². The monoisotopic (exact) mass is 259 g/mol. The zero-order chi connectivity index (χ0) is 13.8. The van der Waals surface area contributed by atoms with Gasteiger partial charge in [-0.1, -0.05) is 45.0 Å². The molecule has 1 aliphatic rings. The third kappa shape index (κ3) is 3.60. The van der Waals surface area contributed by atoms with Crippen LogP contribution < -0.4 is 5.32 Å². The van der Waals surface area contributed by atoms with Crippen LogP contribution in [-0.4, -0.2) is 7.05 Å². The van der Waals surface area contributed by atoms with Crippen LogP contribution in [-0.2, 0) is 6.42 Å². The first kappa shape index (κ1) is 14.6. The van der Waals surface area contributed by atoms with Crippen LogP contribution in [0.2, 0.25) is 0 Å². The van der Waals surface area contributed by atoms with Gasteiger partial charge >= 0.3 is 0 Å². The fourth-order valence-corrected chi connectivity index (χ4v) is 3.92. The van der Waals surface area contributed by atoms with Gasteiger partial charge in [0.1, 0.15) is 0 Å². The molecule has 3 unspecified atom stereocenters. The molecule has 1 aliphatic carbocycles. The van der Waals surface area contributed by atoms with E-state index >= 15 is 0 Å². The summed E-state index contributed by atoms with van der Waals surface area (Å²) in [7, 11) is 2.11. The van der Waals surface area contributed by atoms with Crippen LogP contribution in [0.15, 0.2) is 24.3 Å². The molecule has 0 heterocycles. The van der Waals surface area contributed by atoms with E-state index in [1.165, 1.54) is 30.4 Å². The van der Waals surface area contributed by atoms with Crippen molar-refractivity contribution in [1.29, 1.82) is 0 Å². The van der Waals surface area contributed by atoms with Crippen molar-refractivity contribution in [3.8, 4) is 0 Å². The summed E-state index contributed by atoms with van der Waals surface area (Å²) >= 11 is 0. The Morgan fingerprint density at radius 3 is 2.11 bits per heavy atom. The highest BCUT2D eigenvalue weighted by Crippen LogP contribution is 2.39. The summed E-state index contributed by atoms with van der Waals surface area (Å²) in [6.45, 7) is 7.04. The maximum absolute atomic E-state index is 3.57. The van der Waals surface area contributed by atoms with Gasteiger partial charge in [-0.2, -0.15) is 0 Å². The second-order valence-corrected chi connectivity index (χ2v) is 6.54. The van der Waals surface area contributed by atoms with Gasteiger partial charge < -0.3 is 5.32 Å². The van der Waals surface area contributed by atoms with Crippen LogP contribution in [0.5, 0.6) is 0 Å². The molecule has 19 heavy (non-hydrogen) atoms. The first-order valence-electron chi connectivity index (χ1n) is 7.90. The summed E-state index contributed by atoms with van der Waals surface area (Å²) in [5.74, 6) is 2.54. The van der Waals surface area contributed by atoms with E-state index in [2.05, 4.69) is 57.4 Å². The zero-order valence-electron chi connectivity index (χ0n) is 12.9. The van der Waals surface area contributed by atoms with E-state index in [1.54, 1.807) is 0 Å². The Kier molecular flexibility index (Phi) is 5.04. The summed E-state index contributed by atoms with van der Waals surface area (Å²) in [6.07, 6.45) is 5.26. The molecule has 0 saturated heterocycles. The van der Waals surface area contributed by atoms with Crippen molar-refractivity contribution in [2.45, 2.75) is 52.5 Å². The van der Waals surface area contributed by atoms with Crippen molar-refractivity contribution >= 4 is 0 Å². The third-order valence-electron chi connectivity index (χ3n) is 4.74. The molecule has 0 spiro atoms. The van der Waals surface area contributed by atoms with Crippen molar-refractivity contribution in [1.82, 2.24) is 5.32 Å². The Morgan fingerprint density at radius 2 is 1.63 bits per heavy atom. The minimum absolute atomic E-state index is 0.524. The molecule has 0 radical (unpaired) electrons. The van der Waals surface area contributed by atoms with Gasteiger partial charge in [-0.25, -0.2) is 0 Å². The molecule has 106 valence electrons. The molecule has 1 saturated carbocycles. The zero-order valence-corrected chi connectivity index (χ0v) is 12.9. The first-order chi connectivity index (χ1) is 9.13. The quantitative estimate of drug-likeness (QED) is 0.834. The molecule has 1 N–H and O–H groups in total. The van der Waals surface area contributed by atoms with Gasteiger partial charge in [-0.05, 0) is 61.6 Å². The number of benzene rings is 1. The van der Waals surface area contributed by atoms with Crippen LogP contribution in [0.4, 0.5) is 0 Å². The van der Waals surface area contributed by atoms with Crippen LogP contribution in [0.25, 0.3) is 0 Å². The lowest BCUT2D eigenvalue weighted by atomic mass is 9.72. The van der Waals surface area contributed by atoms with E-state index in [0.717, 1.165) is 24.2 Å². The number of aryl methyl sites for hydroxylation is 1. The summed E-state index contributed by atoms with van der Waals surface area (Å²) in [5.41, 5.74) is 2.90. The average Bonchev–Trinajstić information content (AvgIpc) is 2.39. The summed E-state index contributed by atoms with van der Waals surface area (Å²) in [6, 6.07) is 9.74. The first-order valence-corrected chi connectivity index (χ1v) is 7.90. The van der Waals surface area contributed by atoms with Gasteiger partial charge in [0.15, 0.2) is 0 Å². The fraction of sp³-hybridized carbons (Fsp3) is 0.667. The SMILES string of the molecule is CCc1ccc(C(NC)C2CC(C)CC(C)C2)cc1. The standard InChI is InChI=1S/C18H29N/c1-5-15-6-8-16(9-7-15)18(19-4)17-11-13(2)10-14(3)12-17/h6-9,13-14,17-19H,5,10-12H2,1-4H3. The molecule has 0 aromatic heterocycles. The largest absolute Gasteiger partial charge is 0.313 e. The normalized spacial score (nSPS) is 29.2. The number of rotatable bonds is 4. The second kappa shape index (κ2) is 6.56. The molecule has 3 atom stereocenters. The van der Waals surface area contributed by atoms with Crippen LogP contribution >= 0.6 is 0 Å². The van der Waals surface area contributed by atoms with Crippen LogP contribution in [0.1, 0.15) is 57.2 Å². The maximum atomic E-state index is 3.57. The van der Waals surface area contributed by atoms with E-state index in [4.69, 9.17) is 0 Å². The highest BCUT2D eigenvalue weighted by atomic mass is 14.9. The number of hydrogen-bond acceptors (Lipinski definition) is 1. The second-order valence-electron chi connectivity index (χ2n) is 6.54. The van der Waals surface area contributed by atoms with Gasteiger partial charge in [0.25, 0.3) is 0 Å². The Hall–Kier alpha value is -0.820. The lowest BCUT2D eigenvalue weighted by Crippen LogP contribution is -2.31. The summed E-state index contributed by atoms with van der Waals surface area (Å²) in [4.78, 5) is 0. The van der Waals surface area contributed by atoms with E-state index in [0.29, 0.717) is 6.04 Å². The molecule has 1 heteroatoms. The molecular weight excluding hydrogens is 230 g/mol. The predicted molar refractivity (Wildman–Crippen MR) is 83.3 cm³/mol. The van der Waals surface area contributed by atoms with Crippen molar-refractivity contribution in [3.05, 3.63) is 35.4 Å². The van der Waals surface area contributed by atoms with E-state index in [-0.39, 0.29) is 0 Å². The molecule has 1 nitrogen and oxygen atoms in total. The Balaban J connectivity index is 2.13. The smallest absolute Gasteiger partial charge is 0.0346 e.